The summed E-state index contributed by atoms with van der Waals surface area (Å²) in [7, 11) is 0. The van der Waals surface area contributed by atoms with Crippen LogP contribution in [0.25, 0.3) is 10.8 Å². The van der Waals surface area contributed by atoms with Crippen LogP contribution in [0.15, 0.2) is 60.7 Å². The van der Waals surface area contributed by atoms with E-state index in [0.29, 0.717) is 12.0 Å². The molecule has 1 fully saturated rings. The van der Waals surface area contributed by atoms with Crippen LogP contribution in [0.1, 0.15) is 29.0 Å². The van der Waals surface area contributed by atoms with E-state index in [9.17, 15) is 9.90 Å². The van der Waals surface area contributed by atoms with Gasteiger partial charge in [-0.15, -0.1) is 12.4 Å². The van der Waals surface area contributed by atoms with Crippen molar-refractivity contribution in [1.29, 1.82) is 5.41 Å². The molecule has 3 aromatic carbocycles. The van der Waals surface area contributed by atoms with E-state index in [2.05, 4.69) is 5.32 Å². The Kier molecular flexibility index (Phi) is 7.15. The maximum Gasteiger partial charge on any atom is 0.311 e. The van der Waals surface area contributed by atoms with Crippen molar-refractivity contribution in [3.05, 3.63) is 77.4 Å². The summed E-state index contributed by atoms with van der Waals surface area (Å²) in [6, 6.07) is 18.9. The van der Waals surface area contributed by atoms with Crippen LogP contribution in [0.3, 0.4) is 0 Å². The molecule has 0 radical (unpaired) electrons. The summed E-state index contributed by atoms with van der Waals surface area (Å²) < 4.78 is 5.93. The number of ether oxygens (including phenoxy) is 1. The minimum atomic E-state index is -0.860. The topological polar surface area (TPSA) is 108 Å². The second kappa shape index (κ2) is 9.81. The van der Waals surface area contributed by atoms with Gasteiger partial charge in [-0.3, -0.25) is 10.2 Å². The number of fused-ring (bicyclic) bond motifs is 1. The highest BCUT2D eigenvalue weighted by molar-refractivity contribution is 5.99. The summed E-state index contributed by atoms with van der Waals surface area (Å²) in [6.45, 7) is 1.80. The van der Waals surface area contributed by atoms with Crippen molar-refractivity contribution >= 4 is 35.0 Å². The molecular formula is C24H26ClN3O3. The molecule has 162 valence electrons. The van der Waals surface area contributed by atoms with Gasteiger partial charge in [-0.1, -0.05) is 42.5 Å². The highest BCUT2D eigenvalue weighted by atomic mass is 35.5. The van der Waals surface area contributed by atoms with Crippen LogP contribution in [-0.2, 0) is 11.2 Å². The maximum atomic E-state index is 12.0. The van der Waals surface area contributed by atoms with Crippen molar-refractivity contribution in [2.75, 3.05) is 13.1 Å². The molecule has 0 amide bonds. The Morgan fingerprint density at radius 3 is 2.52 bits per heavy atom. The van der Waals surface area contributed by atoms with Gasteiger partial charge in [0.05, 0.1) is 5.92 Å². The Balaban J connectivity index is 0.00000272. The van der Waals surface area contributed by atoms with Gasteiger partial charge >= 0.3 is 5.97 Å². The molecule has 1 saturated heterocycles. The monoisotopic (exact) mass is 439 g/mol. The maximum absolute atomic E-state index is 12.0. The van der Waals surface area contributed by atoms with Crippen molar-refractivity contribution in [3.63, 3.8) is 0 Å². The molecule has 4 rings (SSSR count). The fraction of sp³-hybridized carbons (Fsp3) is 0.250. The van der Waals surface area contributed by atoms with Gasteiger partial charge in [-0.25, -0.2) is 0 Å². The molecule has 0 bridgehead atoms. The first kappa shape index (κ1) is 22.6. The van der Waals surface area contributed by atoms with Crippen LogP contribution >= 0.6 is 12.4 Å². The molecular weight excluding hydrogens is 414 g/mol. The first-order valence-corrected chi connectivity index (χ1v) is 10.1. The van der Waals surface area contributed by atoms with Crippen LogP contribution in [0.5, 0.6) is 5.75 Å². The Hall–Kier alpha value is -3.09. The van der Waals surface area contributed by atoms with E-state index in [0.717, 1.165) is 47.2 Å². The van der Waals surface area contributed by atoms with Crippen LogP contribution in [0.2, 0.25) is 0 Å². The molecule has 5 N–H and O–H groups in total. The lowest BCUT2D eigenvalue weighted by Crippen LogP contribution is -2.19. The number of aliphatic carboxylic acids is 1. The first-order valence-electron chi connectivity index (χ1n) is 10.1. The molecule has 1 heterocycles. The number of benzene rings is 3. The van der Waals surface area contributed by atoms with E-state index in [-0.39, 0.29) is 24.3 Å². The van der Waals surface area contributed by atoms with E-state index < -0.39 is 11.9 Å². The number of amidine groups is 1. The Morgan fingerprint density at radius 2 is 1.87 bits per heavy atom. The van der Waals surface area contributed by atoms with Gasteiger partial charge in [0, 0.05) is 12.1 Å². The van der Waals surface area contributed by atoms with Gasteiger partial charge in [-0.2, -0.15) is 0 Å². The fourth-order valence-electron chi connectivity index (χ4n) is 3.87. The molecule has 0 spiro atoms. The normalized spacial score (nSPS) is 16.5. The highest BCUT2D eigenvalue weighted by Gasteiger charge is 2.21. The molecule has 1 aliphatic rings. The van der Waals surface area contributed by atoms with Crippen molar-refractivity contribution in [2.45, 2.75) is 24.9 Å². The zero-order chi connectivity index (χ0) is 21.1. The minimum absolute atomic E-state index is 0. The van der Waals surface area contributed by atoms with Crippen LogP contribution in [0, 0.1) is 5.41 Å². The molecule has 31 heavy (non-hydrogen) atoms. The molecule has 0 unspecified atom stereocenters. The average molecular weight is 440 g/mol. The number of carboxylic acids is 1. The van der Waals surface area contributed by atoms with Crippen molar-refractivity contribution < 1.29 is 14.6 Å². The van der Waals surface area contributed by atoms with Gasteiger partial charge in [0.25, 0.3) is 0 Å². The lowest BCUT2D eigenvalue weighted by Gasteiger charge is -2.16. The summed E-state index contributed by atoms with van der Waals surface area (Å²) in [4.78, 5) is 12.0. The molecule has 7 heteroatoms. The summed E-state index contributed by atoms with van der Waals surface area (Å²) in [6.07, 6.45) is 1.53. The second-order valence-corrected chi connectivity index (χ2v) is 7.71. The number of hydrogen-bond donors (Lipinski definition) is 4. The zero-order valence-corrected chi connectivity index (χ0v) is 17.8. The van der Waals surface area contributed by atoms with Crippen LogP contribution < -0.4 is 15.8 Å². The van der Waals surface area contributed by atoms with Crippen molar-refractivity contribution in [3.8, 4) is 5.75 Å². The summed E-state index contributed by atoms with van der Waals surface area (Å²) in [5.74, 6) is -0.734. The molecule has 6 nitrogen and oxygen atoms in total. The predicted octanol–water partition coefficient (Wildman–Crippen LogP) is 3.70. The molecule has 2 atom stereocenters. The molecule has 0 saturated carbocycles. The lowest BCUT2D eigenvalue weighted by molar-refractivity contribution is -0.138. The largest absolute Gasteiger partial charge is 0.489 e. The number of halogens is 1. The smallest absolute Gasteiger partial charge is 0.311 e. The van der Waals surface area contributed by atoms with E-state index in [4.69, 9.17) is 15.9 Å². The number of nitrogens with one attached hydrogen (secondary N) is 2. The quantitative estimate of drug-likeness (QED) is 0.331. The van der Waals surface area contributed by atoms with Crippen molar-refractivity contribution in [2.24, 2.45) is 5.73 Å². The second-order valence-electron chi connectivity index (χ2n) is 7.71. The number of nitrogen functional groups attached to an aromatic ring is 1. The van der Waals surface area contributed by atoms with Gasteiger partial charge in [0.1, 0.15) is 17.7 Å². The summed E-state index contributed by atoms with van der Waals surface area (Å²) in [5.41, 5.74) is 7.92. The van der Waals surface area contributed by atoms with E-state index in [1.165, 1.54) is 0 Å². The van der Waals surface area contributed by atoms with Gasteiger partial charge in [0.2, 0.25) is 0 Å². The fourth-order valence-corrected chi connectivity index (χ4v) is 3.87. The van der Waals surface area contributed by atoms with Gasteiger partial charge in [-0.05, 0) is 59.5 Å². The number of carbonyl (C=O) groups is 1. The highest BCUT2D eigenvalue weighted by Crippen LogP contribution is 2.26. The van der Waals surface area contributed by atoms with E-state index in [1.807, 2.05) is 60.7 Å². The molecule has 0 aromatic heterocycles. The number of carboxylic acid groups (broad SMARTS) is 1. The van der Waals surface area contributed by atoms with Crippen molar-refractivity contribution in [1.82, 2.24) is 5.32 Å². The summed E-state index contributed by atoms with van der Waals surface area (Å²) >= 11 is 0. The minimum Gasteiger partial charge on any atom is -0.489 e. The van der Waals surface area contributed by atoms with E-state index >= 15 is 0 Å². The number of rotatable bonds is 7. The standard InChI is InChI=1S/C24H25N3O3.ClH/c25-23(26)18-4-3-16-2-1-15(11-19(16)13-18)12-22(24(28)29)17-5-7-20(8-6-17)30-21-9-10-27-14-21;/h1-8,11,13,21-22,27H,9-10,12,14H2,(H3,25,26)(H,28,29);1H/t21-,22-;/m0./s1. The van der Waals surface area contributed by atoms with Gasteiger partial charge < -0.3 is 20.9 Å². The SMILES string of the molecule is Cl.N=C(N)c1ccc2ccc(C[C@H](C(=O)O)c3ccc(O[C@H]4CCNC4)cc3)cc2c1. The van der Waals surface area contributed by atoms with E-state index in [1.54, 1.807) is 0 Å². The van der Waals surface area contributed by atoms with Crippen LogP contribution in [0.4, 0.5) is 0 Å². The Morgan fingerprint density at radius 1 is 1.13 bits per heavy atom. The van der Waals surface area contributed by atoms with Crippen LogP contribution in [-0.4, -0.2) is 36.1 Å². The molecule has 3 aromatic rings. The third-order valence-corrected chi connectivity index (χ3v) is 5.55. The van der Waals surface area contributed by atoms with Gasteiger partial charge in [0.15, 0.2) is 0 Å². The average Bonchev–Trinajstić information content (AvgIpc) is 3.25. The number of nitrogens with two attached hydrogens (primary N) is 1. The zero-order valence-electron chi connectivity index (χ0n) is 17.0. The first-order chi connectivity index (χ1) is 14.5. The number of hydrogen-bond acceptors (Lipinski definition) is 4. The Bertz CT molecular complexity index is 1080. The third kappa shape index (κ3) is 5.34. The predicted molar refractivity (Wildman–Crippen MR) is 125 cm³/mol. The Labute approximate surface area is 187 Å². The third-order valence-electron chi connectivity index (χ3n) is 5.55. The summed E-state index contributed by atoms with van der Waals surface area (Å²) in [5, 5.41) is 22.7. The molecule has 1 aliphatic heterocycles. The molecule has 0 aliphatic carbocycles. The lowest BCUT2D eigenvalue weighted by atomic mass is 9.91.